The van der Waals surface area contributed by atoms with Crippen molar-refractivity contribution in [3.05, 3.63) is 75.8 Å². The number of hydrogen-bond donors (Lipinski definition) is 2. The van der Waals surface area contributed by atoms with Crippen molar-refractivity contribution in [3.8, 4) is 5.69 Å². The highest BCUT2D eigenvalue weighted by molar-refractivity contribution is 8.00. The summed E-state index contributed by atoms with van der Waals surface area (Å²) in [7, 11) is 0. The van der Waals surface area contributed by atoms with E-state index in [1.807, 2.05) is 0 Å². The van der Waals surface area contributed by atoms with Crippen LogP contribution in [0.1, 0.15) is 63.0 Å². The number of thiophene rings is 1. The molecule has 1 aromatic carbocycles. The third-order valence-electron chi connectivity index (χ3n) is 6.57. The number of aromatic nitrogens is 3. The number of carbonyl (C=O) groups excluding carboxylic acids is 3. The number of hydrogen-bond acceptors (Lipinski definition) is 9. The van der Waals surface area contributed by atoms with Gasteiger partial charge >= 0.3 is 12.1 Å². The number of rotatable bonds is 10. The number of ether oxygens (including phenoxy) is 1. The van der Waals surface area contributed by atoms with Crippen LogP contribution in [-0.4, -0.2) is 44.4 Å². The number of aryl methyl sites for hydroxylation is 1. The molecule has 0 unspecified atom stereocenters. The molecule has 2 N–H and O–H groups in total. The van der Waals surface area contributed by atoms with E-state index in [2.05, 4.69) is 20.8 Å². The molecule has 4 aromatic rings. The molecule has 5 rings (SSSR count). The summed E-state index contributed by atoms with van der Waals surface area (Å²) in [5.41, 5.74) is 0.468. The monoisotopic (exact) mass is 633 g/mol. The Kier molecular flexibility index (Phi) is 8.92. The van der Waals surface area contributed by atoms with Crippen LogP contribution in [-0.2, 0) is 35.1 Å². The van der Waals surface area contributed by atoms with E-state index in [0.29, 0.717) is 10.6 Å². The summed E-state index contributed by atoms with van der Waals surface area (Å²) in [6.07, 6.45) is -0.814. The minimum atomic E-state index is -4.60. The van der Waals surface area contributed by atoms with Gasteiger partial charge in [-0.2, -0.15) is 13.2 Å². The van der Waals surface area contributed by atoms with Crippen LogP contribution in [0.15, 0.2) is 52.2 Å². The highest BCUT2D eigenvalue weighted by Gasteiger charge is 2.32. The van der Waals surface area contributed by atoms with Gasteiger partial charge in [0.15, 0.2) is 16.7 Å². The van der Waals surface area contributed by atoms with Gasteiger partial charge in [-0.3, -0.25) is 14.2 Å². The lowest BCUT2D eigenvalue weighted by atomic mass is 10.1. The first-order chi connectivity index (χ1) is 20.6. The van der Waals surface area contributed by atoms with Gasteiger partial charge in [-0.15, -0.1) is 21.5 Å². The average molecular weight is 634 g/mol. The van der Waals surface area contributed by atoms with Gasteiger partial charge in [0, 0.05) is 4.88 Å². The van der Waals surface area contributed by atoms with Crippen LogP contribution in [0.5, 0.6) is 0 Å². The lowest BCUT2D eigenvalue weighted by molar-refractivity contribution is -0.137. The number of nitrogens with one attached hydrogen (secondary N) is 2. The molecule has 1 atom stereocenters. The number of benzene rings is 1. The molecule has 43 heavy (non-hydrogen) atoms. The molecular formula is C28H26F3N5O5S2. The molecule has 0 spiro atoms. The molecule has 0 aliphatic heterocycles. The van der Waals surface area contributed by atoms with E-state index in [1.54, 1.807) is 19.9 Å². The first-order valence-electron chi connectivity index (χ1n) is 13.3. The number of fused-ring (bicyclic) bond motifs is 1. The van der Waals surface area contributed by atoms with E-state index >= 15 is 0 Å². The molecule has 3 heterocycles. The number of anilines is 1. The molecule has 226 valence electrons. The van der Waals surface area contributed by atoms with Crippen molar-refractivity contribution in [3.63, 3.8) is 0 Å². The van der Waals surface area contributed by atoms with Crippen molar-refractivity contribution in [2.24, 2.45) is 0 Å². The van der Waals surface area contributed by atoms with Gasteiger partial charge in [0.1, 0.15) is 5.00 Å². The van der Waals surface area contributed by atoms with Crippen molar-refractivity contribution in [1.82, 2.24) is 20.1 Å². The van der Waals surface area contributed by atoms with Crippen molar-refractivity contribution >= 4 is 45.9 Å². The summed E-state index contributed by atoms with van der Waals surface area (Å²) in [5.74, 6) is -1.31. The van der Waals surface area contributed by atoms with Crippen LogP contribution in [0.25, 0.3) is 5.69 Å². The number of furan rings is 1. The molecule has 0 saturated carbocycles. The first-order valence-corrected chi connectivity index (χ1v) is 15.0. The first kappa shape index (κ1) is 30.4. The lowest BCUT2D eigenvalue weighted by Crippen LogP contribution is -2.25. The Bertz CT molecular complexity index is 1650. The Morgan fingerprint density at radius 1 is 1.19 bits per heavy atom. The molecular weight excluding hydrogens is 607 g/mol. The van der Waals surface area contributed by atoms with Crippen LogP contribution < -0.4 is 10.6 Å². The minimum Gasteiger partial charge on any atom is -0.462 e. The summed E-state index contributed by atoms with van der Waals surface area (Å²) in [6.45, 7) is 3.32. The fourth-order valence-corrected chi connectivity index (χ4v) is 6.73. The van der Waals surface area contributed by atoms with Gasteiger partial charge in [0.25, 0.3) is 5.91 Å². The zero-order chi connectivity index (χ0) is 30.7. The van der Waals surface area contributed by atoms with Crippen molar-refractivity contribution in [2.45, 2.75) is 56.2 Å². The zero-order valence-corrected chi connectivity index (χ0v) is 24.6. The third-order valence-corrected chi connectivity index (χ3v) is 8.82. The average Bonchev–Trinajstić information content (AvgIpc) is 3.76. The molecule has 2 amide bonds. The van der Waals surface area contributed by atoms with Crippen molar-refractivity contribution < 1.29 is 36.7 Å². The van der Waals surface area contributed by atoms with Gasteiger partial charge < -0.3 is 19.8 Å². The maximum Gasteiger partial charge on any atom is 0.416 e. The SMILES string of the molecule is CCOC(=O)c1c(NC(=O)[C@H](C)Sc2nnc(CNC(=O)c3ccco3)n2-c2cccc(C(F)(F)F)c2)sc2c1CCC2. The number of amides is 2. The predicted molar refractivity (Wildman–Crippen MR) is 152 cm³/mol. The zero-order valence-electron chi connectivity index (χ0n) is 23.0. The van der Waals surface area contributed by atoms with Crippen LogP contribution in [0, 0.1) is 0 Å². The number of carbonyl (C=O) groups is 3. The Balaban J connectivity index is 1.40. The highest BCUT2D eigenvalue weighted by atomic mass is 32.2. The Morgan fingerprint density at radius 3 is 2.72 bits per heavy atom. The van der Waals surface area contributed by atoms with Gasteiger partial charge in [0.2, 0.25) is 5.91 Å². The van der Waals surface area contributed by atoms with Crippen molar-refractivity contribution in [2.75, 3.05) is 11.9 Å². The Labute approximate surface area is 252 Å². The standard InChI is InChI=1S/C28H26F3N5O5S2/c1-3-40-26(39)22-18-9-5-11-20(18)43-25(22)33-23(37)15(2)42-27-35-34-21(14-32-24(38)19-10-6-12-41-19)36(27)17-8-4-7-16(13-17)28(29,30)31/h4,6-8,10,12-13,15H,3,5,9,11,14H2,1-2H3,(H,32,38)(H,33,37)/t15-/m0/s1. The molecule has 15 heteroatoms. The molecule has 0 saturated heterocycles. The molecule has 3 aromatic heterocycles. The van der Waals surface area contributed by atoms with Gasteiger partial charge in [-0.1, -0.05) is 17.8 Å². The largest absolute Gasteiger partial charge is 0.462 e. The number of thioether (sulfide) groups is 1. The number of esters is 1. The molecule has 0 fully saturated rings. The fraction of sp³-hybridized carbons (Fsp3) is 0.321. The molecule has 10 nitrogen and oxygen atoms in total. The van der Waals surface area contributed by atoms with Gasteiger partial charge in [-0.05, 0) is 69.0 Å². The maximum absolute atomic E-state index is 13.5. The third kappa shape index (κ3) is 6.62. The summed E-state index contributed by atoms with van der Waals surface area (Å²) < 4.78 is 52.3. The van der Waals surface area contributed by atoms with Crippen molar-refractivity contribution in [1.29, 1.82) is 0 Å². The van der Waals surface area contributed by atoms with Crippen LogP contribution in [0.4, 0.5) is 18.2 Å². The van der Waals surface area contributed by atoms with E-state index in [-0.39, 0.29) is 35.6 Å². The highest BCUT2D eigenvalue weighted by Crippen LogP contribution is 2.40. The molecule has 0 bridgehead atoms. The van der Waals surface area contributed by atoms with Crippen LogP contribution >= 0.6 is 23.1 Å². The summed E-state index contributed by atoms with van der Waals surface area (Å²) >= 11 is 2.31. The molecule has 1 aliphatic carbocycles. The second-order valence-electron chi connectivity index (χ2n) is 9.47. The number of alkyl halides is 3. The summed E-state index contributed by atoms with van der Waals surface area (Å²) in [5, 5.41) is 13.4. The lowest BCUT2D eigenvalue weighted by Gasteiger charge is -2.15. The van der Waals surface area contributed by atoms with E-state index in [9.17, 15) is 27.6 Å². The normalized spacial score (nSPS) is 13.4. The quantitative estimate of drug-likeness (QED) is 0.169. The minimum absolute atomic E-state index is 0.0479. The predicted octanol–water partition coefficient (Wildman–Crippen LogP) is 5.66. The fourth-order valence-electron chi connectivity index (χ4n) is 4.56. The van der Waals surface area contributed by atoms with E-state index in [4.69, 9.17) is 9.15 Å². The maximum atomic E-state index is 13.5. The second-order valence-corrected chi connectivity index (χ2v) is 11.9. The second kappa shape index (κ2) is 12.6. The Morgan fingerprint density at radius 2 is 2.00 bits per heavy atom. The van der Waals surface area contributed by atoms with Crippen LogP contribution in [0.3, 0.4) is 0 Å². The number of nitrogens with zero attached hydrogens (tertiary/aromatic N) is 3. The summed E-state index contributed by atoms with van der Waals surface area (Å²) in [6, 6.07) is 7.58. The Hall–Kier alpha value is -4.11. The molecule has 0 radical (unpaired) electrons. The van der Waals surface area contributed by atoms with Gasteiger partial charge in [-0.25, -0.2) is 4.79 Å². The van der Waals surface area contributed by atoms with E-state index in [0.717, 1.165) is 53.6 Å². The van der Waals surface area contributed by atoms with E-state index in [1.165, 1.54) is 40.4 Å². The number of halogens is 3. The molecule has 1 aliphatic rings. The van der Waals surface area contributed by atoms with E-state index < -0.39 is 34.8 Å². The summed E-state index contributed by atoms with van der Waals surface area (Å²) in [4.78, 5) is 39.5. The smallest absolute Gasteiger partial charge is 0.416 e. The topological polar surface area (TPSA) is 128 Å². The van der Waals surface area contributed by atoms with Crippen LogP contribution in [0.2, 0.25) is 0 Å². The van der Waals surface area contributed by atoms with Gasteiger partial charge in [0.05, 0.1) is 41.5 Å².